The van der Waals surface area contributed by atoms with Crippen molar-refractivity contribution in [2.45, 2.75) is 18.3 Å². The molecule has 0 atom stereocenters. The van der Waals surface area contributed by atoms with E-state index in [9.17, 15) is 9.59 Å². The van der Waals surface area contributed by atoms with Gasteiger partial charge in [0.15, 0.2) is 0 Å². The topological polar surface area (TPSA) is 66.4 Å². The Labute approximate surface area is 99.0 Å². The highest BCUT2D eigenvalue weighted by Gasteiger charge is 2.51. The van der Waals surface area contributed by atoms with Crippen LogP contribution in [-0.4, -0.2) is 17.0 Å². The molecule has 1 fully saturated rings. The third-order valence-electron chi connectivity index (χ3n) is 3.05. The Hall–Kier alpha value is -2.10. The van der Waals surface area contributed by atoms with Crippen molar-refractivity contribution >= 4 is 17.6 Å². The molecule has 0 aromatic heterocycles. The summed E-state index contributed by atoms with van der Waals surface area (Å²) in [7, 11) is 0. The molecular formula is C13H13NO3. The third-order valence-corrected chi connectivity index (χ3v) is 3.05. The summed E-state index contributed by atoms with van der Waals surface area (Å²) in [6.07, 6.45) is 2.55. The molecule has 88 valence electrons. The van der Waals surface area contributed by atoms with Crippen molar-refractivity contribution in [3.05, 3.63) is 42.5 Å². The summed E-state index contributed by atoms with van der Waals surface area (Å²) in [5, 5.41) is 11.7. The maximum absolute atomic E-state index is 11.1. The molecule has 4 nitrogen and oxygen atoms in total. The molecule has 1 aromatic rings. The molecule has 1 saturated carbocycles. The van der Waals surface area contributed by atoms with Crippen LogP contribution in [-0.2, 0) is 15.0 Å². The van der Waals surface area contributed by atoms with Crippen molar-refractivity contribution in [3.63, 3.8) is 0 Å². The average Bonchev–Trinajstić information content (AvgIpc) is 3.11. The molecule has 2 N–H and O–H groups in total. The van der Waals surface area contributed by atoms with E-state index < -0.39 is 11.4 Å². The molecule has 1 aliphatic rings. The van der Waals surface area contributed by atoms with Crippen LogP contribution < -0.4 is 5.32 Å². The van der Waals surface area contributed by atoms with Gasteiger partial charge in [-0.3, -0.25) is 9.59 Å². The fourth-order valence-corrected chi connectivity index (χ4v) is 1.82. The third kappa shape index (κ3) is 2.06. The molecule has 17 heavy (non-hydrogen) atoms. The molecule has 0 saturated heterocycles. The van der Waals surface area contributed by atoms with E-state index >= 15 is 0 Å². The Morgan fingerprint density at radius 2 is 1.88 bits per heavy atom. The van der Waals surface area contributed by atoms with Gasteiger partial charge in [0.2, 0.25) is 5.91 Å². The first-order valence-electron chi connectivity index (χ1n) is 5.36. The highest BCUT2D eigenvalue weighted by atomic mass is 16.4. The summed E-state index contributed by atoms with van der Waals surface area (Å²) in [5.74, 6) is -1.06. The van der Waals surface area contributed by atoms with E-state index in [2.05, 4.69) is 11.9 Å². The number of nitrogens with one attached hydrogen (secondary N) is 1. The van der Waals surface area contributed by atoms with Gasteiger partial charge in [0, 0.05) is 5.69 Å². The first kappa shape index (κ1) is 11.4. The van der Waals surface area contributed by atoms with Crippen LogP contribution in [0.4, 0.5) is 5.69 Å². The van der Waals surface area contributed by atoms with Crippen LogP contribution in [0.15, 0.2) is 36.9 Å². The Balaban J connectivity index is 2.16. The van der Waals surface area contributed by atoms with E-state index in [4.69, 9.17) is 5.11 Å². The zero-order valence-corrected chi connectivity index (χ0v) is 9.27. The highest BCUT2D eigenvalue weighted by molar-refractivity contribution is 5.98. The van der Waals surface area contributed by atoms with Crippen molar-refractivity contribution in [2.24, 2.45) is 0 Å². The second-order valence-electron chi connectivity index (χ2n) is 4.16. The van der Waals surface area contributed by atoms with Crippen LogP contribution in [0.3, 0.4) is 0 Å². The molecule has 1 amide bonds. The number of rotatable bonds is 4. The van der Waals surface area contributed by atoms with E-state index in [1.165, 1.54) is 6.08 Å². The second kappa shape index (κ2) is 4.05. The van der Waals surface area contributed by atoms with Gasteiger partial charge in [-0.05, 0) is 36.6 Å². The Bertz CT molecular complexity index is 472. The normalized spacial score (nSPS) is 16.0. The summed E-state index contributed by atoms with van der Waals surface area (Å²) >= 11 is 0. The second-order valence-corrected chi connectivity index (χ2v) is 4.16. The van der Waals surface area contributed by atoms with Gasteiger partial charge in [-0.2, -0.15) is 0 Å². The molecule has 1 aromatic carbocycles. The first-order chi connectivity index (χ1) is 8.08. The van der Waals surface area contributed by atoms with Crippen molar-refractivity contribution < 1.29 is 14.7 Å². The number of carbonyl (C=O) groups excluding carboxylic acids is 1. The fraction of sp³-hybridized carbons (Fsp3) is 0.231. The molecule has 1 aliphatic carbocycles. The number of hydrogen-bond donors (Lipinski definition) is 2. The zero-order chi connectivity index (χ0) is 12.5. The van der Waals surface area contributed by atoms with Crippen molar-refractivity contribution in [1.82, 2.24) is 0 Å². The number of amides is 1. The maximum Gasteiger partial charge on any atom is 0.314 e. The number of carbonyl (C=O) groups is 2. The lowest BCUT2D eigenvalue weighted by atomic mass is 9.96. The summed E-state index contributed by atoms with van der Waals surface area (Å²) in [5.41, 5.74) is 0.738. The van der Waals surface area contributed by atoms with Gasteiger partial charge in [0.05, 0.1) is 5.41 Å². The molecule has 0 bridgehead atoms. The van der Waals surface area contributed by atoms with Gasteiger partial charge in [0.25, 0.3) is 0 Å². The van der Waals surface area contributed by atoms with Gasteiger partial charge in [0.1, 0.15) is 0 Å². The van der Waals surface area contributed by atoms with Crippen LogP contribution in [0.25, 0.3) is 0 Å². The lowest BCUT2D eigenvalue weighted by Crippen LogP contribution is -2.19. The minimum Gasteiger partial charge on any atom is -0.481 e. The van der Waals surface area contributed by atoms with E-state index in [1.54, 1.807) is 24.3 Å². The van der Waals surface area contributed by atoms with Gasteiger partial charge in [-0.15, -0.1) is 0 Å². The van der Waals surface area contributed by atoms with Crippen LogP contribution in [0, 0.1) is 0 Å². The van der Waals surface area contributed by atoms with Gasteiger partial charge >= 0.3 is 5.97 Å². The van der Waals surface area contributed by atoms with Crippen molar-refractivity contribution in [2.75, 3.05) is 5.32 Å². The lowest BCUT2D eigenvalue weighted by Gasteiger charge is -2.10. The number of hydrogen-bond acceptors (Lipinski definition) is 2. The maximum atomic E-state index is 11.1. The van der Waals surface area contributed by atoms with Crippen molar-refractivity contribution in [1.29, 1.82) is 0 Å². The number of carboxylic acid groups (broad SMARTS) is 1. The number of anilines is 1. The molecule has 0 unspecified atom stereocenters. The van der Waals surface area contributed by atoms with E-state index in [-0.39, 0.29) is 5.91 Å². The number of benzene rings is 1. The quantitative estimate of drug-likeness (QED) is 0.778. The number of carboxylic acids is 1. The van der Waals surface area contributed by atoms with Gasteiger partial charge in [-0.1, -0.05) is 18.7 Å². The van der Waals surface area contributed by atoms with Gasteiger partial charge in [-0.25, -0.2) is 0 Å². The predicted molar refractivity (Wildman–Crippen MR) is 63.8 cm³/mol. The predicted octanol–water partition coefficient (Wildman–Crippen LogP) is 1.93. The van der Waals surface area contributed by atoms with E-state index in [0.717, 1.165) is 5.56 Å². The zero-order valence-electron chi connectivity index (χ0n) is 9.27. The minimum atomic E-state index is -0.777. The Kier molecular flexibility index (Phi) is 2.71. The summed E-state index contributed by atoms with van der Waals surface area (Å²) in [6.45, 7) is 3.36. The van der Waals surface area contributed by atoms with Crippen LogP contribution in [0.1, 0.15) is 18.4 Å². The lowest BCUT2D eigenvalue weighted by molar-refractivity contribution is -0.140. The van der Waals surface area contributed by atoms with E-state index in [1.807, 2.05) is 0 Å². The molecule has 0 heterocycles. The fourth-order valence-electron chi connectivity index (χ4n) is 1.82. The summed E-state index contributed by atoms with van der Waals surface area (Å²) in [4.78, 5) is 22.2. The average molecular weight is 231 g/mol. The molecular weight excluding hydrogens is 218 g/mol. The SMILES string of the molecule is C=CC(=O)Nc1ccc(C2(C(=O)O)CC2)cc1. The smallest absolute Gasteiger partial charge is 0.314 e. The summed E-state index contributed by atoms with van der Waals surface area (Å²) in [6, 6.07) is 6.92. The first-order valence-corrected chi connectivity index (χ1v) is 5.36. The molecule has 0 spiro atoms. The monoisotopic (exact) mass is 231 g/mol. The van der Waals surface area contributed by atoms with Crippen LogP contribution >= 0.6 is 0 Å². The molecule has 0 radical (unpaired) electrons. The van der Waals surface area contributed by atoms with Crippen LogP contribution in [0.2, 0.25) is 0 Å². The molecule has 4 heteroatoms. The largest absolute Gasteiger partial charge is 0.481 e. The highest BCUT2D eigenvalue weighted by Crippen LogP contribution is 2.48. The standard InChI is InChI=1S/C13H13NO3/c1-2-11(15)14-10-5-3-9(4-6-10)13(7-8-13)12(16)17/h2-6H,1,7-8H2,(H,14,15)(H,16,17). The minimum absolute atomic E-state index is 0.280. The van der Waals surface area contributed by atoms with Crippen LogP contribution in [0.5, 0.6) is 0 Å². The summed E-state index contributed by atoms with van der Waals surface area (Å²) < 4.78 is 0. The van der Waals surface area contributed by atoms with E-state index in [0.29, 0.717) is 18.5 Å². The Morgan fingerprint density at radius 1 is 1.29 bits per heavy atom. The molecule has 2 rings (SSSR count). The van der Waals surface area contributed by atoms with Gasteiger partial charge < -0.3 is 10.4 Å². The number of aliphatic carboxylic acids is 1. The van der Waals surface area contributed by atoms with Crippen molar-refractivity contribution in [3.8, 4) is 0 Å². The Morgan fingerprint density at radius 3 is 2.29 bits per heavy atom. The molecule has 0 aliphatic heterocycles.